The molecule has 126 valence electrons. The van der Waals surface area contributed by atoms with E-state index in [0.29, 0.717) is 23.8 Å². The molecule has 5 nitrogen and oxygen atoms in total. The molecule has 0 radical (unpaired) electrons. The fraction of sp³-hybridized carbons (Fsp3) is 0.444. The van der Waals surface area contributed by atoms with E-state index in [4.69, 9.17) is 14.2 Å². The molecule has 0 aromatic heterocycles. The predicted octanol–water partition coefficient (Wildman–Crippen LogP) is 3.23. The minimum atomic E-state index is -0.704. The smallest absolute Gasteiger partial charge is 0.345 e. The highest BCUT2D eigenvalue weighted by atomic mass is 16.6. The zero-order chi connectivity index (χ0) is 17.2. The van der Waals surface area contributed by atoms with Crippen LogP contribution in [-0.2, 0) is 19.1 Å². The van der Waals surface area contributed by atoms with Gasteiger partial charge in [-0.15, -0.1) is 0 Å². The second-order valence-electron chi connectivity index (χ2n) is 5.24. The first-order valence-corrected chi connectivity index (χ1v) is 7.77. The fourth-order valence-electron chi connectivity index (χ4n) is 1.76. The highest BCUT2D eigenvalue weighted by molar-refractivity contribution is 6.17. The normalized spacial score (nSPS) is 10.1. The highest BCUT2D eigenvalue weighted by Crippen LogP contribution is 2.22. The lowest BCUT2D eigenvalue weighted by atomic mass is 10.1. The Morgan fingerprint density at radius 2 is 1.61 bits per heavy atom. The lowest BCUT2D eigenvalue weighted by Gasteiger charge is -2.12. The fourth-order valence-corrected chi connectivity index (χ4v) is 1.76. The Labute approximate surface area is 137 Å². The van der Waals surface area contributed by atoms with Crippen molar-refractivity contribution in [1.82, 2.24) is 0 Å². The number of carbonyl (C=O) groups excluding carboxylic acids is 2. The van der Waals surface area contributed by atoms with Gasteiger partial charge < -0.3 is 14.2 Å². The quantitative estimate of drug-likeness (QED) is 0.318. The van der Waals surface area contributed by atoms with E-state index in [-0.39, 0.29) is 18.8 Å². The van der Waals surface area contributed by atoms with Crippen LogP contribution in [0.5, 0.6) is 5.75 Å². The summed E-state index contributed by atoms with van der Waals surface area (Å²) >= 11 is 0. The molecule has 1 aromatic rings. The van der Waals surface area contributed by atoms with Crippen LogP contribution >= 0.6 is 0 Å². The molecule has 0 heterocycles. The number of esters is 2. The Morgan fingerprint density at radius 1 is 1.04 bits per heavy atom. The van der Waals surface area contributed by atoms with Crippen molar-refractivity contribution in [2.24, 2.45) is 5.92 Å². The first-order valence-electron chi connectivity index (χ1n) is 7.77. The van der Waals surface area contributed by atoms with Crippen LogP contribution in [0.2, 0.25) is 0 Å². The first-order chi connectivity index (χ1) is 11.0. The standard InChI is InChI=1S/C18H24O5/c1-5-21-17(19)15(18(20)22-6-2)11-14-9-7-8-10-16(14)23-12-13(3)4/h7-11,13H,5-6,12H2,1-4H3. The van der Waals surface area contributed by atoms with Gasteiger partial charge in [0.1, 0.15) is 11.3 Å². The van der Waals surface area contributed by atoms with Crippen molar-refractivity contribution in [3.05, 3.63) is 35.4 Å². The summed E-state index contributed by atoms with van der Waals surface area (Å²) < 4.78 is 15.6. The van der Waals surface area contributed by atoms with E-state index in [2.05, 4.69) is 0 Å². The van der Waals surface area contributed by atoms with Crippen molar-refractivity contribution in [3.8, 4) is 5.75 Å². The maximum Gasteiger partial charge on any atom is 0.345 e. The average molecular weight is 320 g/mol. The molecular formula is C18H24O5. The molecule has 0 spiro atoms. The highest BCUT2D eigenvalue weighted by Gasteiger charge is 2.21. The van der Waals surface area contributed by atoms with Gasteiger partial charge in [0.25, 0.3) is 0 Å². The van der Waals surface area contributed by atoms with Crippen LogP contribution in [0.4, 0.5) is 0 Å². The van der Waals surface area contributed by atoms with Gasteiger partial charge >= 0.3 is 11.9 Å². The number of carbonyl (C=O) groups is 2. The maximum absolute atomic E-state index is 12.0. The molecule has 0 atom stereocenters. The van der Waals surface area contributed by atoms with E-state index in [1.165, 1.54) is 6.08 Å². The summed E-state index contributed by atoms with van der Waals surface area (Å²) in [5.41, 5.74) is 0.485. The van der Waals surface area contributed by atoms with E-state index >= 15 is 0 Å². The second kappa shape index (κ2) is 9.66. The van der Waals surface area contributed by atoms with E-state index < -0.39 is 11.9 Å². The second-order valence-corrected chi connectivity index (χ2v) is 5.24. The van der Waals surface area contributed by atoms with Gasteiger partial charge in [-0.25, -0.2) is 9.59 Å². The van der Waals surface area contributed by atoms with Crippen LogP contribution in [-0.4, -0.2) is 31.8 Å². The summed E-state index contributed by atoms with van der Waals surface area (Å²) in [5.74, 6) is -0.442. The van der Waals surface area contributed by atoms with Crippen molar-refractivity contribution in [3.63, 3.8) is 0 Å². The molecule has 0 saturated carbocycles. The molecule has 0 fully saturated rings. The van der Waals surface area contributed by atoms with Crippen molar-refractivity contribution in [2.75, 3.05) is 19.8 Å². The molecule has 1 aromatic carbocycles. The number of hydrogen-bond acceptors (Lipinski definition) is 5. The minimum Gasteiger partial charge on any atom is -0.493 e. The van der Waals surface area contributed by atoms with Crippen molar-refractivity contribution in [1.29, 1.82) is 0 Å². The molecule has 0 amide bonds. The summed E-state index contributed by atoms with van der Waals surface area (Å²) in [7, 11) is 0. The van der Waals surface area contributed by atoms with Gasteiger partial charge in [-0.1, -0.05) is 32.0 Å². The molecule has 0 aliphatic rings. The van der Waals surface area contributed by atoms with Crippen LogP contribution in [0.3, 0.4) is 0 Å². The van der Waals surface area contributed by atoms with Gasteiger partial charge in [0.15, 0.2) is 0 Å². The van der Waals surface area contributed by atoms with Gasteiger partial charge in [0, 0.05) is 5.56 Å². The zero-order valence-corrected chi connectivity index (χ0v) is 14.1. The molecule has 0 N–H and O–H groups in total. The van der Waals surface area contributed by atoms with Crippen LogP contribution in [0.1, 0.15) is 33.3 Å². The van der Waals surface area contributed by atoms with E-state index in [9.17, 15) is 9.59 Å². The third-order valence-electron chi connectivity index (χ3n) is 2.78. The Kier molecular flexibility index (Phi) is 7.88. The molecule has 23 heavy (non-hydrogen) atoms. The number of benzene rings is 1. The molecule has 0 aliphatic heterocycles. The zero-order valence-electron chi connectivity index (χ0n) is 14.1. The van der Waals surface area contributed by atoms with Crippen LogP contribution < -0.4 is 4.74 Å². The molecule has 0 saturated heterocycles. The van der Waals surface area contributed by atoms with Crippen LogP contribution in [0.15, 0.2) is 29.8 Å². The summed E-state index contributed by atoms with van der Waals surface area (Å²) in [4.78, 5) is 24.0. The third kappa shape index (κ3) is 6.14. The van der Waals surface area contributed by atoms with Gasteiger partial charge in [-0.05, 0) is 31.9 Å². The van der Waals surface area contributed by atoms with E-state index in [0.717, 1.165) is 0 Å². The molecule has 5 heteroatoms. The third-order valence-corrected chi connectivity index (χ3v) is 2.78. The van der Waals surface area contributed by atoms with Crippen molar-refractivity contribution >= 4 is 18.0 Å². The topological polar surface area (TPSA) is 61.8 Å². The first kappa shape index (κ1) is 18.7. The van der Waals surface area contributed by atoms with E-state index in [1.54, 1.807) is 26.0 Å². The SMILES string of the molecule is CCOC(=O)C(=Cc1ccccc1OCC(C)C)C(=O)OCC. The molecular weight excluding hydrogens is 296 g/mol. The van der Waals surface area contributed by atoms with Crippen LogP contribution in [0.25, 0.3) is 6.08 Å². The summed E-state index contributed by atoms with van der Waals surface area (Å²) in [5, 5.41) is 0. The van der Waals surface area contributed by atoms with Gasteiger partial charge in [-0.3, -0.25) is 0 Å². The Balaban J connectivity index is 3.14. The van der Waals surface area contributed by atoms with Gasteiger partial charge in [-0.2, -0.15) is 0 Å². The monoisotopic (exact) mass is 320 g/mol. The predicted molar refractivity (Wildman–Crippen MR) is 88.0 cm³/mol. The summed E-state index contributed by atoms with van der Waals surface area (Å²) in [6.07, 6.45) is 1.45. The summed E-state index contributed by atoms with van der Waals surface area (Å²) in [6.45, 7) is 8.35. The number of ether oxygens (including phenoxy) is 3. The van der Waals surface area contributed by atoms with Crippen LogP contribution in [0, 0.1) is 5.92 Å². The minimum absolute atomic E-state index is 0.144. The van der Waals surface area contributed by atoms with Crippen molar-refractivity contribution in [2.45, 2.75) is 27.7 Å². The Bertz CT molecular complexity index is 540. The lowest BCUT2D eigenvalue weighted by Crippen LogP contribution is -2.18. The number of para-hydroxylation sites is 1. The molecule has 0 unspecified atom stereocenters. The Morgan fingerprint density at radius 3 is 2.13 bits per heavy atom. The molecule has 1 rings (SSSR count). The van der Waals surface area contributed by atoms with E-state index in [1.807, 2.05) is 26.0 Å². The molecule has 0 aliphatic carbocycles. The summed E-state index contributed by atoms with van der Waals surface area (Å²) in [6, 6.07) is 7.21. The van der Waals surface area contributed by atoms with Crippen molar-refractivity contribution < 1.29 is 23.8 Å². The maximum atomic E-state index is 12.0. The lowest BCUT2D eigenvalue weighted by molar-refractivity contribution is -0.146. The average Bonchev–Trinajstić information content (AvgIpc) is 2.51. The van der Waals surface area contributed by atoms with Gasteiger partial charge in [0.2, 0.25) is 0 Å². The number of rotatable bonds is 8. The largest absolute Gasteiger partial charge is 0.493 e. The molecule has 0 bridgehead atoms. The number of hydrogen-bond donors (Lipinski definition) is 0. The van der Waals surface area contributed by atoms with Gasteiger partial charge in [0.05, 0.1) is 19.8 Å². The Hall–Kier alpha value is -2.30.